The Labute approximate surface area is 124 Å². The van der Waals surface area contributed by atoms with Crippen LogP contribution in [0.2, 0.25) is 0 Å². The van der Waals surface area contributed by atoms with E-state index in [0.717, 1.165) is 52.0 Å². The van der Waals surface area contributed by atoms with Gasteiger partial charge in [-0.1, -0.05) is 20.8 Å². The van der Waals surface area contributed by atoms with Crippen molar-refractivity contribution in [1.82, 2.24) is 5.32 Å². The summed E-state index contributed by atoms with van der Waals surface area (Å²) in [6.07, 6.45) is 3.86. The molecule has 1 fully saturated rings. The van der Waals surface area contributed by atoms with Gasteiger partial charge in [-0.2, -0.15) is 0 Å². The van der Waals surface area contributed by atoms with E-state index in [0.29, 0.717) is 11.7 Å². The third-order valence-corrected chi connectivity index (χ3v) is 6.00. The minimum absolute atomic E-state index is 0.233. The van der Waals surface area contributed by atoms with Crippen LogP contribution in [0.3, 0.4) is 0 Å². The molecule has 0 amide bonds. The average Bonchev–Trinajstić information content (AvgIpc) is 2.39. The lowest BCUT2D eigenvalue weighted by Gasteiger charge is -2.38. The van der Waals surface area contributed by atoms with Crippen LogP contribution in [0.4, 0.5) is 0 Å². The van der Waals surface area contributed by atoms with E-state index in [1.54, 1.807) is 6.92 Å². The summed E-state index contributed by atoms with van der Waals surface area (Å²) in [4.78, 5) is 0. The van der Waals surface area contributed by atoms with Gasteiger partial charge in [0.2, 0.25) is 0 Å². The lowest BCUT2D eigenvalue weighted by molar-refractivity contribution is 0.00994. The molecule has 120 valence electrons. The van der Waals surface area contributed by atoms with Gasteiger partial charge in [0.05, 0.1) is 5.75 Å². The van der Waals surface area contributed by atoms with Gasteiger partial charge in [-0.05, 0) is 43.6 Å². The van der Waals surface area contributed by atoms with E-state index in [2.05, 4.69) is 19.2 Å². The number of ether oxygens (including phenoxy) is 1. The van der Waals surface area contributed by atoms with E-state index in [1.165, 1.54) is 0 Å². The highest BCUT2D eigenvalue weighted by Gasteiger charge is 2.32. The van der Waals surface area contributed by atoms with Crippen LogP contribution in [-0.2, 0) is 14.6 Å². The van der Waals surface area contributed by atoms with Gasteiger partial charge in [0.1, 0.15) is 9.84 Å². The van der Waals surface area contributed by atoms with E-state index in [4.69, 9.17) is 4.74 Å². The fourth-order valence-electron chi connectivity index (χ4n) is 2.76. The van der Waals surface area contributed by atoms with Crippen LogP contribution < -0.4 is 5.32 Å². The number of hydrogen-bond acceptors (Lipinski definition) is 4. The fourth-order valence-corrected chi connectivity index (χ4v) is 3.63. The molecule has 1 N–H and O–H groups in total. The SMILES string of the molecule is CCS(=O)(=O)CCCC1(CNCC(C)C)CCOCC1. The Morgan fingerprint density at radius 3 is 2.45 bits per heavy atom. The zero-order chi connectivity index (χ0) is 15.1. The summed E-state index contributed by atoms with van der Waals surface area (Å²) in [5, 5.41) is 3.55. The number of rotatable bonds is 9. The highest BCUT2D eigenvalue weighted by Crippen LogP contribution is 2.35. The van der Waals surface area contributed by atoms with Gasteiger partial charge in [-0.3, -0.25) is 0 Å². The highest BCUT2D eigenvalue weighted by molar-refractivity contribution is 7.91. The summed E-state index contributed by atoms with van der Waals surface area (Å²) in [5.74, 6) is 1.23. The lowest BCUT2D eigenvalue weighted by atomic mass is 9.76. The molecule has 1 aliphatic heterocycles. The Balaban J connectivity index is 2.46. The van der Waals surface area contributed by atoms with Gasteiger partial charge in [-0.15, -0.1) is 0 Å². The second-order valence-corrected chi connectivity index (χ2v) is 8.95. The molecule has 0 bridgehead atoms. The second-order valence-electron chi connectivity index (χ2n) is 6.48. The van der Waals surface area contributed by atoms with Crippen LogP contribution in [0.1, 0.15) is 46.5 Å². The van der Waals surface area contributed by atoms with Crippen LogP contribution in [-0.4, -0.2) is 46.2 Å². The maximum atomic E-state index is 11.6. The van der Waals surface area contributed by atoms with Gasteiger partial charge in [0.15, 0.2) is 0 Å². The van der Waals surface area contributed by atoms with Gasteiger partial charge in [0, 0.05) is 25.5 Å². The topological polar surface area (TPSA) is 55.4 Å². The van der Waals surface area contributed by atoms with Crippen molar-refractivity contribution in [2.45, 2.75) is 46.5 Å². The van der Waals surface area contributed by atoms with E-state index >= 15 is 0 Å². The van der Waals surface area contributed by atoms with E-state index in [1.807, 2.05) is 0 Å². The molecule has 1 saturated heterocycles. The summed E-state index contributed by atoms with van der Waals surface area (Å²) in [7, 11) is -2.83. The summed E-state index contributed by atoms with van der Waals surface area (Å²) in [6, 6.07) is 0. The lowest BCUT2D eigenvalue weighted by Crippen LogP contribution is -2.40. The predicted octanol–water partition coefficient (Wildman–Crippen LogP) is 2.24. The van der Waals surface area contributed by atoms with E-state index < -0.39 is 9.84 Å². The molecule has 0 aliphatic carbocycles. The first-order valence-electron chi connectivity index (χ1n) is 7.88. The first-order valence-corrected chi connectivity index (χ1v) is 9.70. The first-order chi connectivity index (χ1) is 9.39. The maximum absolute atomic E-state index is 11.6. The molecule has 5 heteroatoms. The molecule has 1 rings (SSSR count). The molecule has 4 nitrogen and oxygen atoms in total. The van der Waals surface area contributed by atoms with E-state index in [9.17, 15) is 8.42 Å². The number of hydrogen-bond donors (Lipinski definition) is 1. The summed E-state index contributed by atoms with van der Waals surface area (Å²) in [5.41, 5.74) is 0.233. The van der Waals surface area contributed by atoms with Crippen molar-refractivity contribution < 1.29 is 13.2 Å². The summed E-state index contributed by atoms with van der Waals surface area (Å²) < 4.78 is 28.7. The normalized spacial score (nSPS) is 19.4. The third-order valence-electron chi connectivity index (χ3n) is 4.21. The molecular weight excluding hydrogens is 274 g/mol. The molecule has 0 spiro atoms. The molecule has 0 radical (unpaired) electrons. The molecule has 0 atom stereocenters. The van der Waals surface area contributed by atoms with Crippen LogP contribution in [0.25, 0.3) is 0 Å². The highest BCUT2D eigenvalue weighted by atomic mass is 32.2. The molecule has 20 heavy (non-hydrogen) atoms. The maximum Gasteiger partial charge on any atom is 0.150 e. The van der Waals surface area contributed by atoms with Crippen LogP contribution in [0.15, 0.2) is 0 Å². The number of sulfone groups is 1. The minimum atomic E-state index is -2.83. The molecule has 0 aromatic carbocycles. The fraction of sp³-hybridized carbons (Fsp3) is 1.00. The van der Waals surface area contributed by atoms with Crippen molar-refractivity contribution in [3.63, 3.8) is 0 Å². The van der Waals surface area contributed by atoms with Gasteiger partial charge < -0.3 is 10.1 Å². The zero-order valence-corrected chi connectivity index (χ0v) is 14.1. The van der Waals surface area contributed by atoms with Crippen molar-refractivity contribution >= 4 is 9.84 Å². The molecule has 1 heterocycles. The minimum Gasteiger partial charge on any atom is -0.381 e. The van der Waals surface area contributed by atoms with Gasteiger partial charge in [-0.25, -0.2) is 8.42 Å². The van der Waals surface area contributed by atoms with Crippen LogP contribution in [0, 0.1) is 11.3 Å². The number of nitrogens with one attached hydrogen (secondary N) is 1. The van der Waals surface area contributed by atoms with Crippen molar-refractivity contribution in [1.29, 1.82) is 0 Å². The molecule has 0 saturated carbocycles. The zero-order valence-electron chi connectivity index (χ0n) is 13.3. The monoisotopic (exact) mass is 305 g/mol. The Kier molecular flexibility index (Phi) is 7.48. The molecule has 1 aliphatic rings. The smallest absolute Gasteiger partial charge is 0.150 e. The van der Waals surface area contributed by atoms with Crippen molar-refractivity contribution in [2.75, 3.05) is 37.8 Å². The molecule has 0 aromatic rings. The third kappa shape index (κ3) is 6.55. The predicted molar refractivity (Wildman–Crippen MR) is 83.8 cm³/mol. The Morgan fingerprint density at radius 2 is 1.90 bits per heavy atom. The largest absolute Gasteiger partial charge is 0.381 e. The summed E-state index contributed by atoms with van der Waals surface area (Å²) >= 11 is 0. The van der Waals surface area contributed by atoms with Crippen molar-refractivity contribution in [3.8, 4) is 0 Å². The average molecular weight is 305 g/mol. The first kappa shape index (κ1) is 17.9. The Morgan fingerprint density at radius 1 is 1.25 bits per heavy atom. The molecule has 0 aromatic heterocycles. The quantitative estimate of drug-likeness (QED) is 0.710. The van der Waals surface area contributed by atoms with Crippen molar-refractivity contribution in [3.05, 3.63) is 0 Å². The standard InChI is InChI=1S/C15H31NO3S/c1-4-20(17,18)11-5-6-15(7-9-19-10-8-15)13-16-12-14(2)3/h14,16H,4-13H2,1-3H3. The second kappa shape index (κ2) is 8.35. The Hall–Kier alpha value is -0.130. The van der Waals surface area contributed by atoms with Crippen LogP contribution in [0.5, 0.6) is 0 Å². The van der Waals surface area contributed by atoms with Gasteiger partial charge in [0.25, 0.3) is 0 Å². The summed E-state index contributed by atoms with van der Waals surface area (Å²) in [6.45, 7) is 9.77. The van der Waals surface area contributed by atoms with Gasteiger partial charge >= 0.3 is 0 Å². The molecular formula is C15H31NO3S. The Bertz CT molecular complexity index is 359. The van der Waals surface area contributed by atoms with Crippen LogP contribution >= 0.6 is 0 Å². The van der Waals surface area contributed by atoms with E-state index in [-0.39, 0.29) is 11.2 Å². The molecule has 0 unspecified atom stereocenters. The van der Waals surface area contributed by atoms with Crippen molar-refractivity contribution in [2.24, 2.45) is 11.3 Å².